The highest BCUT2D eigenvalue weighted by Crippen LogP contribution is 0.711. The van der Waals surface area contributed by atoms with Gasteiger partial charge in [-0.3, -0.25) is 10.5 Å². The van der Waals surface area contributed by atoms with Gasteiger partial charge in [-0.15, -0.1) is 0 Å². The van der Waals surface area contributed by atoms with Crippen molar-refractivity contribution in [2.75, 3.05) is 0 Å². The van der Waals surface area contributed by atoms with Gasteiger partial charge in [-0.1, -0.05) is 0 Å². The summed E-state index contributed by atoms with van der Waals surface area (Å²) in [5, 5.41) is 12.0. The van der Waals surface area contributed by atoms with E-state index >= 15 is 0 Å². The van der Waals surface area contributed by atoms with Crippen LogP contribution in [0.3, 0.4) is 0 Å². The summed E-state index contributed by atoms with van der Waals surface area (Å²) in [7, 11) is 0. The Morgan fingerprint density at radius 3 is 0.600 bits per heavy atom. The minimum Gasteiger partial charge on any atom is -0.255 e. The van der Waals surface area contributed by atoms with E-state index < -0.39 is 0 Å². The molecule has 2 heteroatoms. The van der Waals surface area contributed by atoms with Crippen LogP contribution in [0.1, 0.15) is 0 Å². The Morgan fingerprint density at radius 2 is 0.600 bits per heavy atom. The predicted molar refractivity (Wildman–Crippen MR) is 15.0 cm³/mol. The van der Waals surface area contributed by atoms with E-state index in [-0.39, 0.29) is 22.3 Å². The van der Waals surface area contributed by atoms with Crippen LogP contribution < -0.4 is 0 Å². The van der Waals surface area contributed by atoms with E-state index in [0.717, 1.165) is 0 Å². The largest absolute Gasteiger partial charge is 0.255 e. The first kappa shape index (κ1) is 89.3. The molecule has 0 saturated heterocycles. The molecule has 0 aromatic heterocycles. The standard InChI is InChI=1S/3C.H2O2/c;;;1-2/h;;;1-2H. The monoisotopic (exact) mass is 70.0 g/mol. The van der Waals surface area contributed by atoms with E-state index in [1.807, 2.05) is 0 Å². The molecule has 0 aliphatic rings. The summed E-state index contributed by atoms with van der Waals surface area (Å²) in [6, 6.07) is 0. The molecule has 0 bridgehead atoms. The third kappa shape index (κ3) is 2260. The average molecular weight is 70.0 g/mol. The third-order valence-electron chi connectivity index (χ3n) is 0. The smallest absolute Gasteiger partial charge is 0 e. The van der Waals surface area contributed by atoms with Crippen LogP contribution in [0.4, 0.5) is 0 Å². The maximum absolute atomic E-state index is 6.00. The lowest BCUT2D eigenvalue weighted by Gasteiger charge is -1.25. The van der Waals surface area contributed by atoms with Gasteiger partial charge in [0.15, 0.2) is 0 Å². The van der Waals surface area contributed by atoms with E-state index in [9.17, 15) is 0 Å². The van der Waals surface area contributed by atoms with Crippen molar-refractivity contribution in [1.29, 1.82) is 0 Å². The molecule has 26 valence electrons. The lowest BCUT2D eigenvalue weighted by Crippen LogP contribution is -1.29. The van der Waals surface area contributed by atoms with Crippen LogP contribution in [0.15, 0.2) is 0 Å². The highest BCUT2D eigenvalue weighted by Gasteiger charge is 0.745. The van der Waals surface area contributed by atoms with Gasteiger partial charge in [-0.25, -0.2) is 0 Å². The van der Waals surface area contributed by atoms with E-state index in [2.05, 4.69) is 0 Å². The lowest BCUT2D eigenvalue weighted by atomic mass is 12.0. The van der Waals surface area contributed by atoms with Gasteiger partial charge in [-0.05, 0) is 0 Å². The van der Waals surface area contributed by atoms with Crippen molar-refractivity contribution in [1.82, 2.24) is 0 Å². The minimum absolute atomic E-state index is 0. The molecule has 2 N–H and O–H groups in total. The Morgan fingerprint density at radius 1 is 0.600 bits per heavy atom. The normalized spacial score (nSPS) is 1.20. The van der Waals surface area contributed by atoms with E-state index in [1.165, 1.54) is 0 Å². The molecule has 0 fully saturated rings. The second-order valence-corrected chi connectivity index (χ2v) is 0. The Labute approximate surface area is 34.0 Å². The van der Waals surface area contributed by atoms with Crippen LogP contribution in [0.25, 0.3) is 0 Å². The summed E-state index contributed by atoms with van der Waals surface area (Å²) in [5.74, 6) is 0. The van der Waals surface area contributed by atoms with Crippen LogP contribution in [-0.4, -0.2) is 10.5 Å². The van der Waals surface area contributed by atoms with Gasteiger partial charge in [0.1, 0.15) is 0 Å². The second-order valence-electron chi connectivity index (χ2n) is 0. The molecule has 0 unspecified atom stereocenters. The minimum atomic E-state index is 0. The summed E-state index contributed by atoms with van der Waals surface area (Å²) in [6.45, 7) is 0. The number of rotatable bonds is 0. The fourth-order valence-electron chi connectivity index (χ4n) is 0. The summed E-state index contributed by atoms with van der Waals surface area (Å²) in [4.78, 5) is 0. The molecule has 12 radical (unpaired) electrons. The van der Waals surface area contributed by atoms with Crippen LogP contribution >= 0.6 is 0 Å². The zero-order valence-electron chi connectivity index (χ0n) is 2.39. The van der Waals surface area contributed by atoms with Crippen LogP contribution in [0, 0.1) is 22.3 Å². The molecule has 0 amide bonds. The first-order valence-electron chi connectivity index (χ1n) is 0.200. The van der Waals surface area contributed by atoms with Gasteiger partial charge in [0.05, 0.1) is 0 Å². The SMILES string of the molecule is OO.[C].[C].[C]. The molecule has 2 nitrogen and oxygen atoms in total. The Kier molecular flexibility index (Phi) is 93300. The highest BCUT2D eigenvalue weighted by molar-refractivity contribution is 3.25. The first-order chi connectivity index (χ1) is 1.00. The number of hydrogen-bond acceptors (Lipinski definition) is 2. The lowest BCUT2D eigenvalue weighted by molar-refractivity contribution is -0.176. The Bertz CT molecular complexity index is 4.85. The van der Waals surface area contributed by atoms with Gasteiger partial charge in [0, 0.05) is 22.3 Å². The molecule has 5 heavy (non-hydrogen) atoms. The summed E-state index contributed by atoms with van der Waals surface area (Å²) < 4.78 is 0. The second kappa shape index (κ2) is 5220. The van der Waals surface area contributed by atoms with Crippen molar-refractivity contribution in [2.24, 2.45) is 0 Å². The van der Waals surface area contributed by atoms with Crippen molar-refractivity contribution in [3.63, 3.8) is 0 Å². The fourth-order valence-corrected chi connectivity index (χ4v) is 0. The third-order valence-corrected chi connectivity index (χ3v) is 0. The zero-order valence-corrected chi connectivity index (χ0v) is 2.39. The van der Waals surface area contributed by atoms with Crippen molar-refractivity contribution in [3.05, 3.63) is 22.3 Å². The van der Waals surface area contributed by atoms with Gasteiger partial charge in [-0.2, -0.15) is 0 Å². The molecule has 0 aliphatic heterocycles. The molecule has 0 aromatic rings. The zero-order chi connectivity index (χ0) is 2.00. The summed E-state index contributed by atoms with van der Waals surface area (Å²) >= 11 is 0. The van der Waals surface area contributed by atoms with Gasteiger partial charge in [0.2, 0.25) is 0 Å². The Balaban J connectivity index is -0.00000000167. The molecule has 0 aliphatic carbocycles. The molecule has 0 aromatic carbocycles. The van der Waals surface area contributed by atoms with Gasteiger partial charge < -0.3 is 0 Å². The Hall–Kier alpha value is -0.0800. The predicted octanol–water partition coefficient (Wildman–Crippen LogP) is 0.261. The van der Waals surface area contributed by atoms with E-state index in [1.54, 1.807) is 0 Å². The van der Waals surface area contributed by atoms with Crippen molar-refractivity contribution >= 4 is 0 Å². The molecular weight excluding hydrogens is 68.0 g/mol. The highest BCUT2D eigenvalue weighted by atomic mass is 17.0. The van der Waals surface area contributed by atoms with Gasteiger partial charge >= 0.3 is 0 Å². The van der Waals surface area contributed by atoms with Crippen molar-refractivity contribution < 1.29 is 10.5 Å². The average Bonchev–Trinajstić information content (AvgIpc) is 1.00. The molecule has 0 spiro atoms. The summed E-state index contributed by atoms with van der Waals surface area (Å²) in [5.41, 5.74) is 0. The maximum Gasteiger partial charge on any atom is 0 e. The molecule has 0 saturated carbocycles. The first-order valence-corrected chi connectivity index (χ1v) is 0.200. The van der Waals surface area contributed by atoms with Crippen LogP contribution in [-0.2, 0) is 0 Å². The molecule has 0 atom stereocenters. The van der Waals surface area contributed by atoms with Crippen molar-refractivity contribution in [2.45, 2.75) is 0 Å². The van der Waals surface area contributed by atoms with E-state index in [4.69, 9.17) is 10.5 Å². The fraction of sp³-hybridized carbons (Fsp3) is 0. The van der Waals surface area contributed by atoms with Crippen LogP contribution in [0.2, 0.25) is 0 Å². The number of hydrogen-bond donors (Lipinski definition) is 2. The van der Waals surface area contributed by atoms with Gasteiger partial charge in [0.25, 0.3) is 0 Å². The molecular formula is C3H2O2. The topological polar surface area (TPSA) is 40.5 Å². The quantitative estimate of drug-likeness (QED) is 0.317. The van der Waals surface area contributed by atoms with Crippen LogP contribution in [0.5, 0.6) is 0 Å². The maximum atomic E-state index is 6.00. The molecule has 0 rings (SSSR count). The van der Waals surface area contributed by atoms with E-state index in [0.29, 0.717) is 0 Å². The van der Waals surface area contributed by atoms with Crippen molar-refractivity contribution in [3.8, 4) is 0 Å². The summed E-state index contributed by atoms with van der Waals surface area (Å²) in [6.07, 6.45) is 0. The molecule has 0 heterocycles.